The lowest BCUT2D eigenvalue weighted by Gasteiger charge is -2.06. The van der Waals surface area contributed by atoms with E-state index in [1.54, 1.807) is 0 Å². The number of aromatic nitrogens is 1. The van der Waals surface area contributed by atoms with Crippen molar-refractivity contribution in [2.75, 3.05) is 0 Å². The minimum atomic E-state index is 0.507. The lowest BCUT2D eigenvalue weighted by atomic mass is 10.0. The highest BCUT2D eigenvalue weighted by atomic mass is 14.7. The van der Waals surface area contributed by atoms with Gasteiger partial charge in [0.15, 0.2) is 0 Å². The molecular weight excluding hydrogens is 170 g/mol. The van der Waals surface area contributed by atoms with Gasteiger partial charge in [-0.1, -0.05) is 32.6 Å². The molecule has 0 amide bonds. The fourth-order valence-electron chi connectivity index (χ4n) is 1.29. The first-order chi connectivity index (χ1) is 6.65. The van der Waals surface area contributed by atoms with Gasteiger partial charge < -0.3 is 0 Å². The smallest absolute Gasteiger partial charge is 0.0444 e. The highest BCUT2D eigenvalue weighted by molar-refractivity contribution is 5.57. The Morgan fingerprint density at radius 1 is 1.50 bits per heavy atom. The Hall–Kier alpha value is -1.37. The van der Waals surface area contributed by atoms with Crippen molar-refractivity contribution < 1.29 is 0 Å². The average Bonchev–Trinajstić information content (AvgIpc) is 2.16. The molecule has 0 aromatic carbocycles. The first-order valence-corrected chi connectivity index (χ1v) is 4.90. The Labute approximate surface area is 86.2 Å². The molecule has 0 N–H and O–H groups in total. The molecule has 0 atom stereocenters. The Balaban J connectivity index is 3.06. The zero-order chi connectivity index (χ0) is 10.6. The van der Waals surface area contributed by atoms with Crippen LogP contribution in [-0.4, -0.2) is 4.98 Å². The average molecular weight is 187 g/mol. The molecule has 0 bridgehead atoms. The van der Waals surface area contributed by atoms with E-state index in [0.717, 1.165) is 5.69 Å². The number of hydrogen-bond donors (Lipinski definition) is 0. The maximum Gasteiger partial charge on any atom is 0.0444 e. The number of nitrogens with zero attached hydrogens (tertiary/aromatic N) is 1. The molecule has 1 aromatic rings. The van der Waals surface area contributed by atoms with E-state index in [1.807, 2.05) is 25.3 Å². The van der Waals surface area contributed by atoms with E-state index < -0.39 is 0 Å². The molecule has 0 radical (unpaired) electrons. The fraction of sp³-hybridized carbons (Fsp3) is 0.308. The summed E-state index contributed by atoms with van der Waals surface area (Å²) in [5.74, 6) is 0.507. The van der Waals surface area contributed by atoms with Gasteiger partial charge in [-0.2, -0.15) is 0 Å². The van der Waals surface area contributed by atoms with Gasteiger partial charge in [-0.25, -0.2) is 0 Å². The Bertz CT molecular complexity index is 348. The number of allylic oxidation sites excluding steroid dienone is 2. The molecule has 1 nitrogen and oxygen atoms in total. The van der Waals surface area contributed by atoms with Crippen molar-refractivity contribution in [3.63, 3.8) is 0 Å². The van der Waals surface area contributed by atoms with Crippen LogP contribution in [0.5, 0.6) is 0 Å². The van der Waals surface area contributed by atoms with Crippen LogP contribution in [0.4, 0.5) is 0 Å². The van der Waals surface area contributed by atoms with Gasteiger partial charge in [0, 0.05) is 11.9 Å². The first kappa shape index (κ1) is 10.7. The van der Waals surface area contributed by atoms with Crippen LogP contribution in [0.25, 0.3) is 6.08 Å². The second kappa shape index (κ2) is 4.75. The maximum absolute atomic E-state index is 4.25. The molecule has 0 fully saturated rings. The third kappa shape index (κ3) is 2.56. The molecule has 1 aromatic heterocycles. The van der Waals surface area contributed by atoms with E-state index in [4.69, 9.17) is 0 Å². The monoisotopic (exact) mass is 187 g/mol. The summed E-state index contributed by atoms with van der Waals surface area (Å²) >= 11 is 0. The van der Waals surface area contributed by atoms with Crippen LogP contribution < -0.4 is 0 Å². The summed E-state index contributed by atoms with van der Waals surface area (Å²) in [5.41, 5.74) is 3.49. The lowest BCUT2D eigenvalue weighted by Crippen LogP contribution is -1.91. The zero-order valence-electron chi connectivity index (χ0n) is 9.12. The minimum absolute atomic E-state index is 0.507. The Kier molecular flexibility index (Phi) is 3.63. The number of pyridine rings is 1. The molecule has 0 aliphatic rings. The molecule has 1 heteroatoms. The molecule has 0 saturated carbocycles. The number of rotatable bonds is 3. The van der Waals surface area contributed by atoms with E-state index in [1.165, 1.54) is 11.1 Å². The molecule has 0 unspecified atom stereocenters. The summed E-state index contributed by atoms with van der Waals surface area (Å²) in [6.07, 6.45) is 5.88. The van der Waals surface area contributed by atoms with Crippen molar-refractivity contribution in [1.29, 1.82) is 0 Å². The number of hydrogen-bond acceptors (Lipinski definition) is 1. The topological polar surface area (TPSA) is 12.9 Å². The van der Waals surface area contributed by atoms with Gasteiger partial charge in [-0.15, -0.1) is 0 Å². The summed E-state index contributed by atoms with van der Waals surface area (Å²) in [4.78, 5) is 4.25. The van der Waals surface area contributed by atoms with Crippen molar-refractivity contribution in [3.8, 4) is 0 Å². The van der Waals surface area contributed by atoms with Gasteiger partial charge in [0.05, 0.1) is 0 Å². The SMILES string of the molecule is C=C/C(=C\c1cccnc1C)C(C)C. The molecule has 1 rings (SSSR count). The standard InChI is InChI=1S/C13H17N/c1-5-12(10(2)3)9-13-7-6-8-14-11(13)4/h5-10H,1H2,2-4H3/b12-9+. The molecule has 0 spiro atoms. The van der Waals surface area contributed by atoms with Gasteiger partial charge in [0.25, 0.3) is 0 Å². The van der Waals surface area contributed by atoms with Crippen molar-refractivity contribution in [1.82, 2.24) is 4.98 Å². The molecule has 1 heterocycles. The van der Waals surface area contributed by atoms with E-state index in [9.17, 15) is 0 Å². The van der Waals surface area contributed by atoms with Crippen LogP contribution in [0, 0.1) is 12.8 Å². The summed E-state index contributed by atoms with van der Waals surface area (Å²) in [6.45, 7) is 10.2. The summed E-state index contributed by atoms with van der Waals surface area (Å²) in [5, 5.41) is 0. The van der Waals surface area contributed by atoms with Gasteiger partial charge in [0.2, 0.25) is 0 Å². The lowest BCUT2D eigenvalue weighted by molar-refractivity contribution is 0.798. The van der Waals surface area contributed by atoms with Crippen molar-refractivity contribution in [3.05, 3.63) is 47.8 Å². The summed E-state index contributed by atoms with van der Waals surface area (Å²) in [6, 6.07) is 4.04. The van der Waals surface area contributed by atoms with Crippen LogP contribution in [0.15, 0.2) is 36.6 Å². The van der Waals surface area contributed by atoms with Crippen molar-refractivity contribution in [2.24, 2.45) is 5.92 Å². The highest BCUT2D eigenvalue weighted by Crippen LogP contribution is 2.16. The highest BCUT2D eigenvalue weighted by Gasteiger charge is 2.00. The molecule has 74 valence electrons. The summed E-state index contributed by atoms with van der Waals surface area (Å²) < 4.78 is 0. The third-order valence-electron chi connectivity index (χ3n) is 2.27. The Morgan fingerprint density at radius 3 is 2.71 bits per heavy atom. The zero-order valence-corrected chi connectivity index (χ0v) is 9.12. The van der Waals surface area contributed by atoms with Gasteiger partial charge >= 0.3 is 0 Å². The Morgan fingerprint density at radius 2 is 2.21 bits per heavy atom. The predicted molar refractivity (Wildman–Crippen MR) is 62.0 cm³/mol. The maximum atomic E-state index is 4.25. The van der Waals surface area contributed by atoms with E-state index in [0.29, 0.717) is 5.92 Å². The summed E-state index contributed by atoms with van der Waals surface area (Å²) in [7, 11) is 0. The largest absolute Gasteiger partial charge is 0.261 e. The van der Waals surface area contributed by atoms with Crippen LogP contribution in [0.3, 0.4) is 0 Å². The molecule has 0 saturated heterocycles. The predicted octanol–water partition coefficient (Wildman–Crippen LogP) is 3.62. The van der Waals surface area contributed by atoms with Crippen LogP contribution in [0.1, 0.15) is 25.1 Å². The van der Waals surface area contributed by atoms with Crippen molar-refractivity contribution >= 4 is 6.08 Å². The van der Waals surface area contributed by atoms with E-state index in [-0.39, 0.29) is 0 Å². The van der Waals surface area contributed by atoms with Crippen LogP contribution in [-0.2, 0) is 0 Å². The van der Waals surface area contributed by atoms with Crippen molar-refractivity contribution in [2.45, 2.75) is 20.8 Å². The first-order valence-electron chi connectivity index (χ1n) is 4.90. The van der Waals surface area contributed by atoms with Crippen LogP contribution >= 0.6 is 0 Å². The molecule has 0 aliphatic heterocycles. The molecule has 0 aliphatic carbocycles. The van der Waals surface area contributed by atoms with Gasteiger partial charge in [0.1, 0.15) is 0 Å². The second-order valence-corrected chi connectivity index (χ2v) is 3.68. The fourth-order valence-corrected chi connectivity index (χ4v) is 1.29. The third-order valence-corrected chi connectivity index (χ3v) is 2.27. The minimum Gasteiger partial charge on any atom is -0.261 e. The van der Waals surface area contributed by atoms with Crippen LogP contribution in [0.2, 0.25) is 0 Å². The van der Waals surface area contributed by atoms with Gasteiger partial charge in [-0.05, 0) is 36.1 Å². The van der Waals surface area contributed by atoms with E-state index >= 15 is 0 Å². The molecular formula is C13H17N. The quantitative estimate of drug-likeness (QED) is 0.659. The second-order valence-electron chi connectivity index (χ2n) is 3.68. The normalized spacial score (nSPS) is 11.9. The van der Waals surface area contributed by atoms with E-state index in [2.05, 4.69) is 37.6 Å². The number of aryl methyl sites for hydroxylation is 1. The van der Waals surface area contributed by atoms with Gasteiger partial charge in [-0.3, -0.25) is 4.98 Å². The molecule has 14 heavy (non-hydrogen) atoms.